The predicted molar refractivity (Wildman–Crippen MR) is 108 cm³/mol. The van der Waals surface area contributed by atoms with Crippen molar-refractivity contribution in [1.29, 1.82) is 0 Å². The summed E-state index contributed by atoms with van der Waals surface area (Å²) < 4.78 is 28.3. The minimum atomic E-state index is -3.76. The highest BCUT2D eigenvalue weighted by Gasteiger charge is 2.24. The van der Waals surface area contributed by atoms with Crippen LogP contribution >= 0.6 is 23.2 Å². The van der Waals surface area contributed by atoms with Crippen LogP contribution < -0.4 is 9.62 Å². The molecule has 2 aromatic carbocycles. The molecule has 2 aromatic rings. The monoisotopic (exact) mass is 426 g/mol. The summed E-state index contributed by atoms with van der Waals surface area (Å²) in [6.07, 6.45) is 1.86. The van der Waals surface area contributed by atoms with Gasteiger partial charge in [-0.15, -0.1) is 0 Å². The van der Waals surface area contributed by atoms with Gasteiger partial charge < -0.3 is 4.90 Å². The highest BCUT2D eigenvalue weighted by Crippen LogP contribution is 2.30. The molecule has 0 saturated carbocycles. The average Bonchev–Trinajstić information content (AvgIpc) is 3.08. The maximum atomic E-state index is 12.8. The van der Waals surface area contributed by atoms with Gasteiger partial charge >= 0.3 is 0 Å². The number of nitrogens with one attached hydrogen (secondary N) is 1. The zero-order chi connectivity index (χ0) is 19.6. The van der Waals surface area contributed by atoms with E-state index in [4.69, 9.17) is 23.2 Å². The topological polar surface area (TPSA) is 66.5 Å². The molecule has 0 aliphatic carbocycles. The normalized spacial score (nSPS) is 16.0. The lowest BCUT2D eigenvalue weighted by Crippen LogP contribution is -2.29. The van der Waals surface area contributed by atoms with E-state index in [1.807, 2.05) is 6.92 Å². The average molecular weight is 427 g/mol. The molecule has 1 aliphatic heterocycles. The van der Waals surface area contributed by atoms with Crippen LogP contribution in [0.4, 0.5) is 5.69 Å². The summed E-state index contributed by atoms with van der Waals surface area (Å²) in [5.74, 6) is 0.0605. The molecule has 1 heterocycles. The van der Waals surface area contributed by atoms with Gasteiger partial charge in [0.1, 0.15) is 0 Å². The van der Waals surface area contributed by atoms with Crippen LogP contribution in [0.1, 0.15) is 37.8 Å². The SMILES string of the molecule is CCC(NS(=O)(=O)c1ccc(N2CCCC2=O)cc1)c1cc(Cl)ccc1Cl. The van der Waals surface area contributed by atoms with Crippen molar-refractivity contribution in [3.05, 3.63) is 58.1 Å². The Morgan fingerprint density at radius 2 is 1.85 bits per heavy atom. The number of benzene rings is 2. The first-order chi connectivity index (χ1) is 12.8. The third kappa shape index (κ3) is 4.46. The van der Waals surface area contributed by atoms with E-state index in [2.05, 4.69) is 4.72 Å². The summed E-state index contributed by atoms with van der Waals surface area (Å²) in [4.78, 5) is 13.6. The van der Waals surface area contributed by atoms with E-state index in [1.165, 1.54) is 12.1 Å². The lowest BCUT2D eigenvalue weighted by Gasteiger charge is -2.20. The maximum Gasteiger partial charge on any atom is 0.241 e. The predicted octanol–water partition coefficient (Wildman–Crippen LogP) is 4.55. The molecular formula is C19H20Cl2N2O3S. The van der Waals surface area contributed by atoms with Crippen molar-refractivity contribution in [2.45, 2.75) is 37.1 Å². The summed E-state index contributed by atoms with van der Waals surface area (Å²) in [7, 11) is -3.76. The molecule has 1 atom stereocenters. The first-order valence-corrected chi connectivity index (χ1v) is 10.9. The molecule has 1 saturated heterocycles. The Labute approximate surface area is 169 Å². The van der Waals surface area contributed by atoms with Gasteiger partial charge in [-0.05, 0) is 60.9 Å². The van der Waals surface area contributed by atoms with Crippen molar-refractivity contribution in [2.24, 2.45) is 0 Å². The Balaban J connectivity index is 1.83. The molecule has 1 aliphatic rings. The fourth-order valence-electron chi connectivity index (χ4n) is 3.13. The number of hydrogen-bond donors (Lipinski definition) is 1. The van der Waals surface area contributed by atoms with Crippen LogP contribution in [0.15, 0.2) is 47.4 Å². The number of halogens is 2. The molecule has 144 valence electrons. The van der Waals surface area contributed by atoms with Gasteiger partial charge in [0.05, 0.1) is 4.90 Å². The van der Waals surface area contributed by atoms with Gasteiger partial charge in [-0.1, -0.05) is 30.1 Å². The minimum absolute atomic E-state index is 0.0605. The Kier molecular flexibility index (Phi) is 6.11. The Hall–Kier alpha value is -1.60. The Morgan fingerprint density at radius 3 is 2.44 bits per heavy atom. The van der Waals surface area contributed by atoms with Crippen LogP contribution in [0, 0.1) is 0 Å². The summed E-state index contributed by atoms with van der Waals surface area (Å²) in [6, 6.07) is 10.8. The molecule has 1 N–H and O–H groups in total. The van der Waals surface area contributed by atoms with Crippen LogP contribution in [-0.2, 0) is 14.8 Å². The van der Waals surface area contributed by atoms with Gasteiger partial charge in [-0.25, -0.2) is 13.1 Å². The van der Waals surface area contributed by atoms with E-state index in [-0.39, 0.29) is 10.8 Å². The van der Waals surface area contributed by atoms with E-state index in [0.29, 0.717) is 40.7 Å². The van der Waals surface area contributed by atoms with Gasteiger partial charge in [-0.2, -0.15) is 0 Å². The molecule has 8 heteroatoms. The summed E-state index contributed by atoms with van der Waals surface area (Å²) in [6.45, 7) is 2.53. The number of carbonyl (C=O) groups excluding carboxylic acids is 1. The number of nitrogens with zero attached hydrogens (tertiary/aromatic N) is 1. The van der Waals surface area contributed by atoms with Crippen LogP contribution in [0.2, 0.25) is 10.0 Å². The fraction of sp³-hybridized carbons (Fsp3) is 0.316. The second-order valence-electron chi connectivity index (χ2n) is 6.39. The van der Waals surface area contributed by atoms with Crippen LogP contribution in [0.5, 0.6) is 0 Å². The van der Waals surface area contributed by atoms with Crippen LogP contribution in [0.25, 0.3) is 0 Å². The Bertz CT molecular complexity index is 946. The highest BCUT2D eigenvalue weighted by molar-refractivity contribution is 7.89. The van der Waals surface area contributed by atoms with E-state index < -0.39 is 16.1 Å². The Morgan fingerprint density at radius 1 is 1.15 bits per heavy atom. The van der Waals surface area contributed by atoms with Crippen molar-refractivity contribution in [3.8, 4) is 0 Å². The third-order valence-electron chi connectivity index (χ3n) is 4.57. The summed E-state index contributed by atoms with van der Waals surface area (Å²) in [5.41, 5.74) is 1.34. The molecule has 0 aromatic heterocycles. The quantitative estimate of drug-likeness (QED) is 0.736. The van der Waals surface area contributed by atoms with Crippen molar-refractivity contribution in [1.82, 2.24) is 4.72 Å². The van der Waals surface area contributed by atoms with Gasteiger partial charge in [-0.3, -0.25) is 4.79 Å². The fourth-order valence-corrected chi connectivity index (χ4v) is 4.86. The van der Waals surface area contributed by atoms with Crippen molar-refractivity contribution < 1.29 is 13.2 Å². The summed E-state index contributed by atoms with van der Waals surface area (Å²) in [5, 5.41) is 0.948. The first kappa shape index (κ1) is 20.1. The highest BCUT2D eigenvalue weighted by atomic mass is 35.5. The third-order valence-corrected chi connectivity index (χ3v) is 6.64. The number of carbonyl (C=O) groups is 1. The van der Waals surface area contributed by atoms with E-state index in [1.54, 1.807) is 35.2 Å². The number of anilines is 1. The molecular weight excluding hydrogens is 407 g/mol. The molecule has 1 amide bonds. The van der Waals surface area contributed by atoms with E-state index >= 15 is 0 Å². The van der Waals surface area contributed by atoms with Gasteiger partial charge in [0.2, 0.25) is 15.9 Å². The summed E-state index contributed by atoms with van der Waals surface area (Å²) >= 11 is 12.3. The largest absolute Gasteiger partial charge is 0.312 e. The van der Waals surface area contributed by atoms with Gasteiger partial charge in [0, 0.05) is 34.7 Å². The lowest BCUT2D eigenvalue weighted by molar-refractivity contribution is -0.117. The van der Waals surface area contributed by atoms with E-state index in [0.717, 1.165) is 6.42 Å². The molecule has 0 spiro atoms. The van der Waals surface area contributed by atoms with Gasteiger partial charge in [0.25, 0.3) is 0 Å². The zero-order valence-electron chi connectivity index (χ0n) is 14.8. The van der Waals surface area contributed by atoms with Crippen molar-refractivity contribution >= 4 is 44.8 Å². The standard InChI is InChI=1S/C19H20Cl2N2O3S/c1-2-18(16-12-13(20)5-10-17(16)21)22-27(25,26)15-8-6-14(7-9-15)23-11-3-4-19(23)24/h5-10,12,18,22H,2-4,11H2,1H3. The first-order valence-electron chi connectivity index (χ1n) is 8.69. The smallest absolute Gasteiger partial charge is 0.241 e. The lowest BCUT2D eigenvalue weighted by atomic mass is 10.1. The molecule has 5 nitrogen and oxygen atoms in total. The number of sulfonamides is 1. The number of hydrogen-bond acceptors (Lipinski definition) is 3. The van der Waals surface area contributed by atoms with Crippen molar-refractivity contribution in [3.63, 3.8) is 0 Å². The van der Waals surface area contributed by atoms with Crippen LogP contribution in [0.3, 0.4) is 0 Å². The van der Waals surface area contributed by atoms with Crippen molar-refractivity contribution in [2.75, 3.05) is 11.4 Å². The van der Waals surface area contributed by atoms with Gasteiger partial charge in [0.15, 0.2) is 0 Å². The number of rotatable bonds is 6. The molecule has 0 radical (unpaired) electrons. The van der Waals surface area contributed by atoms with Crippen LogP contribution in [-0.4, -0.2) is 20.9 Å². The molecule has 1 unspecified atom stereocenters. The second-order valence-corrected chi connectivity index (χ2v) is 8.95. The molecule has 27 heavy (non-hydrogen) atoms. The maximum absolute atomic E-state index is 12.8. The molecule has 3 rings (SSSR count). The minimum Gasteiger partial charge on any atom is -0.312 e. The second kappa shape index (κ2) is 8.19. The zero-order valence-corrected chi connectivity index (χ0v) is 17.1. The number of amides is 1. The van der Waals surface area contributed by atoms with E-state index in [9.17, 15) is 13.2 Å². The molecule has 0 bridgehead atoms. The molecule has 1 fully saturated rings.